The highest BCUT2D eigenvalue weighted by Crippen LogP contribution is 2.19. The van der Waals surface area contributed by atoms with Crippen LogP contribution in [-0.2, 0) is 0 Å². The molecule has 13 heavy (non-hydrogen) atoms. The van der Waals surface area contributed by atoms with E-state index in [1.165, 1.54) is 19.3 Å². The molecule has 0 spiro atoms. The van der Waals surface area contributed by atoms with Crippen LogP contribution in [0.25, 0.3) is 0 Å². The number of oxime groups is 1. The SMILES string of the molecule is CCC1CCCN1CC/C(N)=N/O. The van der Waals surface area contributed by atoms with Crippen molar-refractivity contribution in [2.24, 2.45) is 10.9 Å². The average molecular weight is 185 g/mol. The van der Waals surface area contributed by atoms with Gasteiger partial charge in [-0.25, -0.2) is 0 Å². The van der Waals surface area contributed by atoms with Crippen molar-refractivity contribution in [1.29, 1.82) is 0 Å². The van der Waals surface area contributed by atoms with Crippen molar-refractivity contribution in [3.8, 4) is 0 Å². The van der Waals surface area contributed by atoms with E-state index in [-0.39, 0.29) is 0 Å². The Hall–Kier alpha value is -0.770. The highest BCUT2D eigenvalue weighted by atomic mass is 16.4. The average Bonchev–Trinajstić information content (AvgIpc) is 2.61. The number of nitrogens with two attached hydrogens (primary N) is 1. The fraction of sp³-hybridized carbons (Fsp3) is 0.889. The minimum atomic E-state index is 0.335. The fourth-order valence-electron chi connectivity index (χ4n) is 1.96. The van der Waals surface area contributed by atoms with Gasteiger partial charge in [0.2, 0.25) is 0 Å². The first-order valence-electron chi connectivity index (χ1n) is 4.98. The van der Waals surface area contributed by atoms with Crippen LogP contribution in [0.15, 0.2) is 5.16 Å². The zero-order valence-electron chi connectivity index (χ0n) is 8.24. The van der Waals surface area contributed by atoms with E-state index in [2.05, 4.69) is 17.0 Å². The number of rotatable bonds is 4. The second-order valence-corrected chi connectivity index (χ2v) is 3.58. The van der Waals surface area contributed by atoms with Crippen molar-refractivity contribution in [2.75, 3.05) is 13.1 Å². The minimum Gasteiger partial charge on any atom is -0.409 e. The van der Waals surface area contributed by atoms with Crippen molar-refractivity contribution < 1.29 is 5.21 Å². The van der Waals surface area contributed by atoms with Gasteiger partial charge in [-0.2, -0.15) is 0 Å². The third-order valence-electron chi connectivity index (χ3n) is 2.75. The van der Waals surface area contributed by atoms with Crippen LogP contribution in [0.1, 0.15) is 32.6 Å². The molecule has 1 aliphatic rings. The predicted octanol–water partition coefficient (Wildman–Crippen LogP) is 0.997. The standard InChI is InChI=1S/C9H19N3O/c1-2-8-4-3-6-12(8)7-5-9(10)11-13/h8,13H,2-7H2,1H3,(H2,10,11). The summed E-state index contributed by atoms with van der Waals surface area (Å²) in [4.78, 5) is 2.43. The van der Waals surface area contributed by atoms with E-state index >= 15 is 0 Å². The van der Waals surface area contributed by atoms with Gasteiger partial charge in [-0.1, -0.05) is 12.1 Å². The highest BCUT2D eigenvalue weighted by molar-refractivity contribution is 5.79. The summed E-state index contributed by atoms with van der Waals surface area (Å²) in [5.74, 6) is 0.335. The van der Waals surface area contributed by atoms with Crippen LogP contribution in [-0.4, -0.2) is 35.1 Å². The first-order valence-corrected chi connectivity index (χ1v) is 4.98. The quantitative estimate of drug-likeness (QED) is 0.297. The summed E-state index contributed by atoms with van der Waals surface area (Å²) in [6, 6.07) is 0.714. The van der Waals surface area contributed by atoms with E-state index < -0.39 is 0 Å². The number of hydrogen-bond acceptors (Lipinski definition) is 3. The highest BCUT2D eigenvalue weighted by Gasteiger charge is 2.22. The largest absolute Gasteiger partial charge is 0.409 e. The second-order valence-electron chi connectivity index (χ2n) is 3.58. The Labute approximate surface area is 79.4 Å². The summed E-state index contributed by atoms with van der Waals surface area (Å²) in [7, 11) is 0. The Morgan fingerprint density at radius 1 is 1.69 bits per heavy atom. The molecule has 3 N–H and O–H groups in total. The van der Waals surface area contributed by atoms with Gasteiger partial charge in [-0.05, 0) is 25.8 Å². The normalized spacial score (nSPS) is 25.3. The zero-order valence-corrected chi connectivity index (χ0v) is 8.24. The van der Waals surface area contributed by atoms with Crippen molar-refractivity contribution in [3.05, 3.63) is 0 Å². The van der Waals surface area contributed by atoms with Crippen LogP contribution in [0.5, 0.6) is 0 Å². The Balaban J connectivity index is 2.27. The Morgan fingerprint density at radius 3 is 3.08 bits per heavy atom. The maximum Gasteiger partial charge on any atom is 0.140 e. The molecule has 4 heteroatoms. The molecule has 0 radical (unpaired) electrons. The Kier molecular flexibility index (Phi) is 4.02. The van der Waals surface area contributed by atoms with Gasteiger partial charge in [0.05, 0.1) is 0 Å². The van der Waals surface area contributed by atoms with Crippen molar-refractivity contribution >= 4 is 5.84 Å². The van der Waals surface area contributed by atoms with Gasteiger partial charge in [-0.15, -0.1) is 0 Å². The van der Waals surface area contributed by atoms with E-state index in [0.29, 0.717) is 18.3 Å². The fourth-order valence-corrected chi connectivity index (χ4v) is 1.96. The van der Waals surface area contributed by atoms with Crippen LogP contribution in [0, 0.1) is 0 Å². The van der Waals surface area contributed by atoms with Crippen LogP contribution in [0.4, 0.5) is 0 Å². The summed E-state index contributed by atoms with van der Waals surface area (Å²) in [6.45, 7) is 4.30. The van der Waals surface area contributed by atoms with Crippen LogP contribution >= 0.6 is 0 Å². The monoisotopic (exact) mass is 185 g/mol. The molecule has 0 aromatic carbocycles. The van der Waals surface area contributed by atoms with Gasteiger partial charge in [0, 0.05) is 19.0 Å². The first-order chi connectivity index (χ1) is 6.27. The van der Waals surface area contributed by atoms with Crippen LogP contribution < -0.4 is 5.73 Å². The van der Waals surface area contributed by atoms with E-state index in [1.54, 1.807) is 0 Å². The molecule has 0 aromatic rings. The predicted molar refractivity (Wildman–Crippen MR) is 52.9 cm³/mol. The third kappa shape index (κ3) is 2.88. The Morgan fingerprint density at radius 2 is 2.46 bits per heavy atom. The molecule has 1 unspecified atom stereocenters. The topological polar surface area (TPSA) is 61.8 Å². The molecule has 76 valence electrons. The third-order valence-corrected chi connectivity index (χ3v) is 2.75. The van der Waals surface area contributed by atoms with Gasteiger partial charge in [0.1, 0.15) is 5.84 Å². The molecular weight excluding hydrogens is 166 g/mol. The first kappa shape index (κ1) is 10.3. The maximum atomic E-state index is 8.38. The van der Waals surface area contributed by atoms with Gasteiger partial charge in [0.15, 0.2) is 0 Å². The van der Waals surface area contributed by atoms with E-state index in [4.69, 9.17) is 10.9 Å². The molecule has 1 fully saturated rings. The molecular formula is C9H19N3O. The van der Waals surface area contributed by atoms with Crippen LogP contribution in [0.2, 0.25) is 0 Å². The van der Waals surface area contributed by atoms with Crippen LogP contribution in [0.3, 0.4) is 0 Å². The second kappa shape index (κ2) is 5.07. The number of likely N-dealkylation sites (tertiary alicyclic amines) is 1. The molecule has 0 saturated carbocycles. The lowest BCUT2D eigenvalue weighted by atomic mass is 10.1. The van der Waals surface area contributed by atoms with E-state index in [1.807, 2.05) is 0 Å². The molecule has 4 nitrogen and oxygen atoms in total. The van der Waals surface area contributed by atoms with E-state index in [0.717, 1.165) is 13.1 Å². The zero-order chi connectivity index (χ0) is 9.68. The summed E-state index contributed by atoms with van der Waals surface area (Å²) >= 11 is 0. The lowest BCUT2D eigenvalue weighted by Crippen LogP contribution is -2.32. The van der Waals surface area contributed by atoms with Gasteiger partial charge in [0.25, 0.3) is 0 Å². The minimum absolute atomic E-state index is 0.335. The molecule has 1 aliphatic heterocycles. The molecule has 1 heterocycles. The van der Waals surface area contributed by atoms with E-state index in [9.17, 15) is 0 Å². The summed E-state index contributed by atoms with van der Waals surface area (Å²) in [5, 5.41) is 11.3. The van der Waals surface area contributed by atoms with Crippen molar-refractivity contribution in [3.63, 3.8) is 0 Å². The van der Waals surface area contributed by atoms with Crippen molar-refractivity contribution in [2.45, 2.75) is 38.6 Å². The number of amidine groups is 1. The number of hydrogen-bond donors (Lipinski definition) is 2. The Bertz CT molecular complexity index is 182. The summed E-state index contributed by atoms with van der Waals surface area (Å²) < 4.78 is 0. The molecule has 1 atom stereocenters. The number of nitrogens with zero attached hydrogens (tertiary/aromatic N) is 2. The maximum absolute atomic E-state index is 8.38. The molecule has 0 aliphatic carbocycles. The lowest BCUT2D eigenvalue weighted by Gasteiger charge is -2.22. The van der Waals surface area contributed by atoms with Gasteiger partial charge < -0.3 is 10.9 Å². The molecule has 0 aromatic heterocycles. The smallest absolute Gasteiger partial charge is 0.140 e. The van der Waals surface area contributed by atoms with Gasteiger partial charge in [-0.3, -0.25) is 4.90 Å². The van der Waals surface area contributed by atoms with Crippen molar-refractivity contribution in [1.82, 2.24) is 4.90 Å². The summed E-state index contributed by atoms with van der Waals surface area (Å²) in [5.41, 5.74) is 5.41. The molecule has 0 bridgehead atoms. The molecule has 1 saturated heterocycles. The lowest BCUT2D eigenvalue weighted by molar-refractivity contribution is 0.253. The summed E-state index contributed by atoms with van der Waals surface area (Å²) in [6.07, 6.45) is 4.46. The molecule has 1 rings (SSSR count). The van der Waals surface area contributed by atoms with Gasteiger partial charge >= 0.3 is 0 Å². The molecule has 0 amide bonds.